The van der Waals surface area contributed by atoms with E-state index in [0.29, 0.717) is 22.0 Å². The van der Waals surface area contributed by atoms with E-state index in [1.807, 2.05) is 70.2 Å². The van der Waals surface area contributed by atoms with Gasteiger partial charge >= 0.3 is 0 Å². The number of benzene rings is 2. The number of rotatable bonds is 2. The molecule has 4 heteroatoms. The first-order valence-electron chi connectivity index (χ1n) is 8.27. The Kier molecular flexibility index (Phi) is 4.21. The van der Waals surface area contributed by atoms with Gasteiger partial charge in [-0.05, 0) is 45.9 Å². The molecule has 1 aromatic heterocycles. The maximum atomic E-state index is 12.9. The zero-order chi connectivity index (χ0) is 18.2. The third kappa shape index (κ3) is 3.33. The molecule has 0 unspecified atom stereocenters. The number of aromatic hydroxyl groups is 1. The van der Waals surface area contributed by atoms with Crippen LogP contribution >= 0.6 is 0 Å². The molecule has 1 heterocycles. The van der Waals surface area contributed by atoms with Crippen molar-refractivity contribution >= 4 is 17.0 Å². The summed E-state index contributed by atoms with van der Waals surface area (Å²) in [5, 5.41) is 12.1. The summed E-state index contributed by atoms with van der Waals surface area (Å²) in [6.45, 7) is 7.93. The molecule has 0 saturated heterocycles. The molecular formula is C21H22N2O2. The predicted molar refractivity (Wildman–Crippen MR) is 103 cm³/mol. The molecule has 3 aromatic rings. The van der Waals surface area contributed by atoms with Crippen LogP contribution in [0, 0.1) is 6.92 Å². The van der Waals surface area contributed by atoms with E-state index in [1.54, 1.807) is 12.3 Å². The first-order chi connectivity index (χ1) is 11.8. The van der Waals surface area contributed by atoms with Crippen LogP contribution in [0.3, 0.4) is 0 Å². The minimum atomic E-state index is -0.279. The molecule has 4 nitrogen and oxygen atoms in total. The minimum absolute atomic E-state index is 0.0967. The van der Waals surface area contributed by atoms with E-state index in [4.69, 9.17) is 0 Å². The highest BCUT2D eigenvalue weighted by Crippen LogP contribution is 2.26. The van der Waals surface area contributed by atoms with Gasteiger partial charge in [-0.3, -0.25) is 9.79 Å². The minimum Gasteiger partial charge on any atom is -0.494 e. The van der Waals surface area contributed by atoms with Crippen molar-refractivity contribution in [3.05, 3.63) is 70.0 Å². The van der Waals surface area contributed by atoms with Gasteiger partial charge in [-0.25, -0.2) is 4.57 Å². The van der Waals surface area contributed by atoms with Crippen LogP contribution in [-0.2, 0) is 0 Å². The van der Waals surface area contributed by atoms with Gasteiger partial charge in [-0.2, -0.15) is 0 Å². The number of aliphatic imine (C=N–C) groups is 1. The van der Waals surface area contributed by atoms with Crippen LogP contribution in [0.25, 0.3) is 16.5 Å². The Hall–Kier alpha value is -2.88. The zero-order valence-electron chi connectivity index (χ0n) is 14.9. The zero-order valence-corrected chi connectivity index (χ0v) is 14.9. The van der Waals surface area contributed by atoms with Gasteiger partial charge in [0.1, 0.15) is 0 Å². The number of hydrogen-bond acceptors (Lipinski definition) is 3. The molecule has 0 bridgehead atoms. The van der Waals surface area contributed by atoms with E-state index in [-0.39, 0.29) is 17.0 Å². The Morgan fingerprint density at radius 2 is 1.60 bits per heavy atom. The lowest BCUT2D eigenvalue weighted by molar-refractivity contribution is 0.436. The first-order valence-corrected chi connectivity index (χ1v) is 8.27. The summed E-state index contributed by atoms with van der Waals surface area (Å²) in [6.07, 6.45) is 1.65. The molecule has 1 N–H and O–H groups in total. The van der Waals surface area contributed by atoms with E-state index in [2.05, 4.69) is 4.99 Å². The number of pyridine rings is 1. The van der Waals surface area contributed by atoms with Crippen molar-refractivity contribution in [3.8, 4) is 11.6 Å². The maximum Gasteiger partial charge on any atom is 0.265 e. The molecule has 3 rings (SSSR count). The first kappa shape index (κ1) is 17.0. The van der Waals surface area contributed by atoms with Gasteiger partial charge in [-0.15, -0.1) is 0 Å². The average molecular weight is 334 g/mol. The third-order valence-electron chi connectivity index (χ3n) is 3.98. The Morgan fingerprint density at radius 3 is 2.20 bits per heavy atom. The van der Waals surface area contributed by atoms with Crippen LogP contribution in [0.5, 0.6) is 5.88 Å². The van der Waals surface area contributed by atoms with Crippen molar-refractivity contribution in [1.29, 1.82) is 0 Å². The molecule has 2 aromatic carbocycles. The van der Waals surface area contributed by atoms with Gasteiger partial charge in [0.05, 0.1) is 16.8 Å². The fourth-order valence-corrected chi connectivity index (χ4v) is 2.68. The molecule has 0 aliphatic carbocycles. The monoisotopic (exact) mass is 334 g/mol. The van der Waals surface area contributed by atoms with Crippen LogP contribution in [0.15, 0.2) is 58.3 Å². The highest BCUT2D eigenvalue weighted by Gasteiger charge is 2.17. The number of hydrogen-bond donors (Lipinski definition) is 1. The summed E-state index contributed by atoms with van der Waals surface area (Å²) in [5.74, 6) is -0.0967. The number of aromatic nitrogens is 1. The smallest absolute Gasteiger partial charge is 0.265 e. The van der Waals surface area contributed by atoms with E-state index >= 15 is 0 Å². The molecule has 0 atom stereocenters. The Bertz CT molecular complexity index is 1010. The number of fused-ring (bicyclic) bond motifs is 1. The van der Waals surface area contributed by atoms with E-state index in [0.717, 1.165) is 5.56 Å². The Morgan fingerprint density at radius 1 is 1.00 bits per heavy atom. The van der Waals surface area contributed by atoms with Gasteiger partial charge < -0.3 is 5.11 Å². The Balaban J connectivity index is 2.37. The SMILES string of the molecule is Cc1ccc(-n2c(O)c(C=NC(C)(C)C)c3ccccc3c2=O)cc1. The fourth-order valence-electron chi connectivity index (χ4n) is 2.68. The summed E-state index contributed by atoms with van der Waals surface area (Å²) in [6, 6.07) is 14.8. The average Bonchev–Trinajstić information content (AvgIpc) is 2.55. The van der Waals surface area contributed by atoms with Crippen LogP contribution in [-0.4, -0.2) is 21.4 Å². The fraction of sp³-hybridized carbons (Fsp3) is 0.238. The maximum absolute atomic E-state index is 12.9. The second-order valence-electron chi connectivity index (χ2n) is 7.19. The summed E-state index contributed by atoms with van der Waals surface area (Å²) in [4.78, 5) is 17.5. The molecule has 0 saturated carbocycles. The highest BCUT2D eigenvalue weighted by molar-refractivity contribution is 6.01. The predicted octanol–water partition coefficient (Wildman–Crippen LogP) is 4.22. The van der Waals surface area contributed by atoms with Crippen LogP contribution in [0.4, 0.5) is 0 Å². The standard InChI is InChI=1S/C21H22N2O2/c1-14-9-11-15(12-10-14)23-19(24)17-8-6-5-7-16(17)18(20(23)25)13-22-21(2,3)4/h5-13,25H,1-4H3. The molecule has 0 radical (unpaired) electrons. The number of aryl methyl sites for hydroxylation is 1. The molecule has 0 amide bonds. The van der Waals surface area contributed by atoms with E-state index < -0.39 is 0 Å². The molecule has 0 aliphatic heterocycles. The normalized spacial score (nSPS) is 12.2. The topological polar surface area (TPSA) is 54.6 Å². The van der Waals surface area contributed by atoms with Crippen LogP contribution in [0.2, 0.25) is 0 Å². The summed E-state index contributed by atoms with van der Waals surface area (Å²) >= 11 is 0. The van der Waals surface area contributed by atoms with E-state index in [1.165, 1.54) is 4.57 Å². The molecular weight excluding hydrogens is 312 g/mol. The second-order valence-corrected chi connectivity index (χ2v) is 7.19. The molecule has 0 spiro atoms. The van der Waals surface area contributed by atoms with Crippen molar-refractivity contribution < 1.29 is 5.11 Å². The quantitative estimate of drug-likeness (QED) is 0.713. The lowest BCUT2D eigenvalue weighted by atomic mass is 10.1. The summed E-state index contributed by atoms with van der Waals surface area (Å²) < 4.78 is 1.34. The van der Waals surface area contributed by atoms with Crippen LogP contribution in [0.1, 0.15) is 31.9 Å². The van der Waals surface area contributed by atoms with Crippen molar-refractivity contribution in [1.82, 2.24) is 4.57 Å². The van der Waals surface area contributed by atoms with Gasteiger partial charge in [-0.1, -0.05) is 35.9 Å². The molecule has 0 fully saturated rings. The highest BCUT2D eigenvalue weighted by atomic mass is 16.3. The number of nitrogens with zero attached hydrogens (tertiary/aromatic N) is 2. The molecule has 128 valence electrons. The lowest BCUT2D eigenvalue weighted by Crippen LogP contribution is -2.20. The van der Waals surface area contributed by atoms with Gasteiger partial charge in [0, 0.05) is 17.0 Å². The lowest BCUT2D eigenvalue weighted by Gasteiger charge is -2.15. The summed E-state index contributed by atoms with van der Waals surface area (Å²) in [7, 11) is 0. The molecule has 25 heavy (non-hydrogen) atoms. The second kappa shape index (κ2) is 6.20. The third-order valence-corrected chi connectivity index (χ3v) is 3.98. The van der Waals surface area contributed by atoms with Gasteiger partial charge in [0.2, 0.25) is 5.88 Å². The van der Waals surface area contributed by atoms with E-state index in [9.17, 15) is 9.90 Å². The van der Waals surface area contributed by atoms with Crippen molar-refractivity contribution in [2.75, 3.05) is 0 Å². The van der Waals surface area contributed by atoms with Crippen molar-refractivity contribution in [3.63, 3.8) is 0 Å². The Labute approximate surface area is 147 Å². The van der Waals surface area contributed by atoms with Crippen molar-refractivity contribution in [2.45, 2.75) is 33.2 Å². The van der Waals surface area contributed by atoms with Crippen molar-refractivity contribution in [2.24, 2.45) is 4.99 Å². The van der Waals surface area contributed by atoms with Gasteiger partial charge in [0.25, 0.3) is 5.56 Å². The largest absolute Gasteiger partial charge is 0.494 e. The van der Waals surface area contributed by atoms with Gasteiger partial charge in [0.15, 0.2) is 0 Å². The molecule has 0 aliphatic rings. The van der Waals surface area contributed by atoms with Crippen LogP contribution < -0.4 is 5.56 Å². The summed E-state index contributed by atoms with van der Waals surface area (Å²) in [5.41, 5.74) is 1.74.